The van der Waals surface area contributed by atoms with Gasteiger partial charge in [-0.2, -0.15) is 0 Å². The molecule has 2 N–H and O–H groups in total. The number of hydrogen-bond donors (Lipinski definition) is 2. The van der Waals surface area contributed by atoms with Gasteiger partial charge in [-0.15, -0.1) is 0 Å². The molecule has 0 saturated carbocycles. The van der Waals surface area contributed by atoms with Gasteiger partial charge in [0.05, 0.1) is 6.42 Å². The van der Waals surface area contributed by atoms with Crippen LogP contribution in [0.5, 0.6) is 0 Å². The molecule has 35 heavy (non-hydrogen) atoms. The lowest BCUT2D eigenvalue weighted by atomic mass is 9.83. The van der Waals surface area contributed by atoms with Gasteiger partial charge in [-0.05, 0) is 36.5 Å². The minimum absolute atomic E-state index is 0.00368. The largest absolute Gasteiger partial charge is 0.361 e. The Morgan fingerprint density at radius 2 is 1.86 bits per heavy atom. The van der Waals surface area contributed by atoms with Crippen molar-refractivity contribution < 1.29 is 14.4 Å². The summed E-state index contributed by atoms with van der Waals surface area (Å²) in [7, 11) is 0. The van der Waals surface area contributed by atoms with Gasteiger partial charge in [0.1, 0.15) is 6.04 Å². The highest BCUT2D eigenvalue weighted by Gasteiger charge is 2.41. The molecular formula is C26H27N5O4. The summed E-state index contributed by atoms with van der Waals surface area (Å²) in [6.07, 6.45) is 3.35. The number of hydrogen-bond acceptors (Lipinski definition) is 4. The average molecular weight is 474 g/mol. The normalized spacial score (nSPS) is 23.5. The number of benzene rings is 1. The molecule has 5 heterocycles. The number of rotatable bonds is 5. The van der Waals surface area contributed by atoms with Crippen LogP contribution < -0.4 is 10.9 Å². The first-order valence-electron chi connectivity index (χ1n) is 12.1. The predicted octanol–water partition coefficient (Wildman–Crippen LogP) is 1.83. The predicted molar refractivity (Wildman–Crippen MR) is 129 cm³/mol. The van der Waals surface area contributed by atoms with Crippen LogP contribution in [0, 0.1) is 5.92 Å². The highest BCUT2D eigenvalue weighted by molar-refractivity contribution is 6.05. The molecule has 0 spiro atoms. The van der Waals surface area contributed by atoms with Crippen LogP contribution in [0.3, 0.4) is 0 Å². The standard InChI is InChI=1S/C26H27N5O4/c32-23-7-3-6-22-18-10-16(14-31(22)23)13-29(15-18)24(33)11-21-25(34)30(26(35)28-21)9-8-17-12-27-20-5-2-1-4-19(17)20/h1-7,12,16,18,21,27H,8-11,13-15H2,(H,28,35)/t16-,18+,21-/m1/s1. The number of pyridine rings is 1. The van der Waals surface area contributed by atoms with E-state index < -0.39 is 12.1 Å². The molecule has 2 fully saturated rings. The molecule has 3 aromatic rings. The average Bonchev–Trinajstić information content (AvgIpc) is 3.38. The van der Waals surface area contributed by atoms with Crippen molar-refractivity contribution in [3.63, 3.8) is 0 Å². The van der Waals surface area contributed by atoms with E-state index in [1.165, 1.54) is 4.90 Å². The van der Waals surface area contributed by atoms with Crippen molar-refractivity contribution in [3.8, 4) is 0 Å². The van der Waals surface area contributed by atoms with Crippen LogP contribution >= 0.6 is 0 Å². The first kappa shape index (κ1) is 21.6. The van der Waals surface area contributed by atoms with Crippen molar-refractivity contribution in [3.05, 3.63) is 70.3 Å². The fraction of sp³-hybridized carbons (Fsp3) is 0.385. The Morgan fingerprint density at radius 3 is 2.74 bits per heavy atom. The lowest BCUT2D eigenvalue weighted by Gasteiger charge is -2.43. The smallest absolute Gasteiger partial charge is 0.324 e. The molecule has 6 rings (SSSR count). The van der Waals surface area contributed by atoms with E-state index in [1.807, 2.05) is 41.1 Å². The molecular weight excluding hydrogens is 446 g/mol. The molecule has 9 heteroatoms. The van der Waals surface area contributed by atoms with Gasteiger partial charge in [-0.25, -0.2) is 4.79 Å². The van der Waals surface area contributed by atoms with E-state index in [4.69, 9.17) is 0 Å². The SMILES string of the molecule is O=C(C[C@H]1NC(=O)N(CCc2c[nH]c3ccccc23)C1=O)N1C[C@H]2C[C@@H](C1)c1cccc(=O)n1C2. The molecule has 0 unspecified atom stereocenters. The summed E-state index contributed by atoms with van der Waals surface area (Å²) in [5.41, 5.74) is 3.03. The van der Waals surface area contributed by atoms with Gasteiger partial charge in [0, 0.05) is 61.0 Å². The molecule has 2 bridgehead atoms. The second-order valence-electron chi connectivity index (χ2n) is 9.80. The Labute approximate surface area is 201 Å². The number of H-pyrrole nitrogens is 1. The number of urea groups is 1. The first-order valence-corrected chi connectivity index (χ1v) is 12.1. The first-order chi connectivity index (χ1) is 17.0. The monoisotopic (exact) mass is 473 g/mol. The van der Waals surface area contributed by atoms with E-state index in [0.717, 1.165) is 28.6 Å². The Bertz CT molecular complexity index is 1390. The van der Waals surface area contributed by atoms with Crippen molar-refractivity contribution in [2.24, 2.45) is 5.92 Å². The van der Waals surface area contributed by atoms with Crippen LogP contribution in [0.4, 0.5) is 4.79 Å². The number of aromatic nitrogens is 2. The molecule has 4 amide bonds. The van der Waals surface area contributed by atoms with Crippen LogP contribution in [0.15, 0.2) is 53.5 Å². The highest BCUT2D eigenvalue weighted by atomic mass is 16.2. The number of imide groups is 1. The van der Waals surface area contributed by atoms with Gasteiger partial charge in [0.2, 0.25) is 5.91 Å². The maximum Gasteiger partial charge on any atom is 0.324 e. The number of fused-ring (bicyclic) bond motifs is 5. The van der Waals surface area contributed by atoms with Crippen molar-refractivity contribution in [2.75, 3.05) is 19.6 Å². The van der Waals surface area contributed by atoms with Crippen LogP contribution in [-0.2, 0) is 22.6 Å². The highest BCUT2D eigenvalue weighted by Crippen LogP contribution is 2.35. The van der Waals surface area contributed by atoms with Crippen LogP contribution in [0.2, 0.25) is 0 Å². The molecule has 3 atom stereocenters. The lowest BCUT2D eigenvalue weighted by Crippen LogP contribution is -2.50. The fourth-order valence-electron chi connectivity index (χ4n) is 5.90. The molecule has 9 nitrogen and oxygen atoms in total. The molecule has 1 aromatic carbocycles. The summed E-state index contributed by atoms with van der Waals surface area (Å²) >= 11 is 0. The zero-order valence-corrected chi connectivity index (χ0v) is 19.3. The van der Waals surface area contributed by atoms with Gasteiger partial charge in [-0.1, -0.05) is 24.3 Å². The second kappa shape index (κ2) is 8.41. The van der Waals surface area contributed by atoms with Gasteiger partial charge in [0.25, 0.3) is 11.5 Å². The maximum atomic E-state index is 13.1. The van der Waals surface area contributed by atoms with Crippen LogP contribution in [0.1, 0.15) is 30.0 Å². The number of likely N-dealkylation sites (tertiary alicyclic amines) is 1. The fourth-order valence-corrected chi connectivity index (χ4v) is 5.90. The van der Waals surface area contributed by atoms with Gasteiger partial charge in [0.15, 0.2) is 0 Å². The van der Waals surface area contributed by atoms with Gasteiger partial charge in [-0.3, -0.25) is 19.3 Å². The van der Waals surface area contributed by atoms with Gasteiger partial charge >= 0.3 is 6.03 Å². The number of amides is 4. The van der Waals surface area contributed by atoms with Crippen molar-refractivity contribution >= 4 is 28.7 Å². The maximum absolute atomic E-state index is 13.1. The van der Waals surface area contributed by atoms with E-state index >= 15 is 0 Å². The number of carbonyl (C=O) groups is 3. The Kier molecular flexibility index (Phi) is 5.20. The molecule has 3 aliphatic rings. The summed E-state index contributed by atoms with van der Waals surface area (Å²) in [5.74, 6) is -0.158. The Hall–Kier alpha value is -3.88. The quantitative estimate of drug-likeness (QED) is 0.551. The summed E-state index contributed by atoms with van der Waals surface area (Å²) in [6, 6.07) is 11.9. The second-order valence-corrected chi connectivity index (χ2v) is 9.80. The van der Waals surface area contributed by atoms with E-state index in [9.17, 15) is 19.2 Å². The van der Waals surface area contributed by atoms with Crippen LogP contribution in [0.25, 0.3) is 10.9 Å². The van der Waals surface area contributed by atoms with E-state index in [0.29, 0.717) is 26.1 Å². The van der Waals surface area contributed by atoms with Crippen molar-refractivity contribution in [2.45, 2.75) is 37.8 Å². The molecule has 2 aromatic heterocycles. The van der Waals surface area contributed by atoms with E-state index in [1.54, 1.807) is 17.0 Å². The summed E-state index contributed by atoms with van der Waals surface area (Å²) in [4.78, 5) is 57.1. The number of nitrogens with zero attached hydrogens (tertiary/aromatic N) is 3. The minimum atomic E-state index is -0.838. The zero-order chi connectivity index (χ0) is 24.1. The third kappa shape index (κ3) is 3.80. The number of nitrogens with one attached hydrogen (secondary N) is 2. The third-order valence-electron chi connectivity index (χ3n) is 7.60. The molecule has 3 aliphatic heterocycles. The van der Waals surface area contributed by atoms with Gasteiger partial charge < -0.3 is 19.8 Å². The molecule has 2 saturated heterocycles. The minimum Gasteiger partial charge on any atom is -0.361 e. The summed E-state index contributed by atoms with van der Waals surface area (Å²) < 4.78 is 1.83. The summed E-state index contributed by atoms with van der Waals surface area (Å²) in [5, 5.41) is 3.78. The lowest BCUT2D eigenvalue weighted by molar-refractivity contribution is -0.137. The third-order valence-corrected chi connectivity index (χ3v) is 7.60. The van der Waals surface area contributed by atoms with Crippen molar-refractivity contribution in [1.82, 2.24) is 24.7 Å². The van der Waals surface area contributed by atoms with E-state index in [-0.39, 0.29) is 42.2 Å². The van der Waals surface area contributed by atoms with Crippen molar-refractivity contribution in [1.29, 1.82) is 0 Å². The topological polar surface area (TPSA) is 108 Å². The Morgan fingerprint density at radius 1 is 1.00 bits per heavy atom. The number of aromatic amines is 1. The number of carbonyl (C=O) groups excluding carboxylic acids is 3. The molecule has 0 radical (unpaired) electrons. The number of para-hydroxylation sites is 1. The zero-order valence-electron chi connectivity index (χ0n) is 19.3. The molecule has 0 aliphatic carbocycles. The van der Waals surface area contributed by atoms with E-state index in [2.05, 4.69) is 10.3 Å². The number of piperidine rings is 1. The van der Waals surface area contributed by atoms with Crippen LogP contribution in [-0.4, -0.2) is 62.9 Å². The molecule has 180 valence electrons. The summed E-state index contributed by atoms with van der Waals surface area (Å²) in [6.45, 7) is 1.96. The Balaban J connectivity index is 1.10.